The van der Waals surface area contributed by atoms with Crippen molar-refractivity contribution >= 4 is 5.82 Å². The van der Waals surface area contributed by atoms with Crippen LogP contribution in [-0.4, -0.2) is 40.4 Å². The predicted octanol–water partition coefficient (Wildman–Crippen LogP) is 4.06. The van der Waals surface area contributed by atoms with Gasteiger partial charge in [0.2, 0.25) is 0 Å². The number of alkyl halides is 4. The van der Waals surface area contributed by atoms with E-state index < -0.39 is 13.0 Å². The molecule has 30 heavy (non-hydrogen) atoms. The highest BCUT2D eigenvalue weighted by Crippen LogP contribution is 2.63. The highest BCUT2D eigenvalue weighted by molar-refractivity contribution is 5.64. The molecule has 10 heteroatoms. The van der Waals surface area contributed by atoms with E-state index in [-0.39, 0.29) is 30.2 Å². The van der Waals surface area contributed by atoms with Crippen LogP contribution in [0.25, 0.3) is 11.3 Å². The first-order chi connectivity index (χ1) is 14.2. The molecule has 2 aromatic heterocycles. The van der Waals surface area contributed by atoms with E-state index >= 15 is 0 Å². The maximum atomic E-state index is 12.6. The van der Waals surface area contributed by atoms with Gasteiger partial charge in [-0.1, -0.05) is 0 Å². The van der Waals surface area contributed by atoms with Crippen molar-refractivity contribution in [2.45, 2.75) is 57.7 Å². The van der Waals surface area contributed by atoms with Crippen LogP contribution in [-0.2, 0) is 0 Å². The van der Waals surface area contributed by atoms with E-state index in [4.69, 9.17) is 5.73 Å². The quantitative estimate of drug-likeness (QED) is 0.622. The molecule has 0 radical (unpaired) electrons. The normalized spacial score (nSPS) is 25.4. The number of rotatable bonds is 8. The van der Waals surface area contributed by atoms with Crippen molar-refractivity contribution in [3.8, 4) is 17.0 Å². The van der Waals surface area contributed by atoms with Crippen LogP contribution in [0.1, 0.15) is 44.3 Å². The van der Waals surface area contributed by atoms with Crippen molar-refractivity contribution in [2.24, 2.45) is 11.8 Å². The van der Waals surface area contributed by atoms with Crippen LogP contribution >= 0.6 is 0 Å². The molecule has 0 saturated heterocycles. The zero-order chi connectivity index (χ0) is 21.6. The van der Waals surface area contributed by atoms with E-state index in [1.807, 2.05) is 24.6 Å². The fourth-order valence-electron chi connectivity index (χ4n) is 4.70. The Kier molecular flexibility index (Phi) is 5.61. The average Bonchev–Trinajstić information content (AvgIpc) is 3.04. The number of hydrogen-bond acceptors (Lipinski definition) is 5. The molecular weight excluding hydrogens is 402 g/mol. The number of nitrogens with zero attached hydrogens (tertiary/aromatic N) is 3. The summed E-state index contributed by atoms with van der Waals surface area (Å²) >= 11 is 0. The van der Waals surface area contributed by atoms with Crippen LogP contribution in [0.3, 0.4) is 0 Å². The second kappa shape index (κ2) is 8.05. The number of pyridine rings is 1. The zero-order valence-electron chi connectivity index (χ0n) is 16.7. The van der Waals surface area contributed by atoms with Gasteiger partial charge in [-0.3, -0.25) is 4.68 Å². The number of anilines is 1. The predicted molar refractivity (Wildman–Crippen MR) is 104 cm³/mol. The van der Waals surface area contributed by atoms with E-state index in [2.05, 4.69) is 20.1 Å². The van der Waals surface area contributed by atoms with Crippen LogP contribution < -0.4 is 15.8 Å². The maximum absolute atomic E-state index is 12.6. The summed E-state index contributed by atoms with van der Waals surface area (Å²) in [5.41, 5.74) is 7.86. The Morgan fingerprint density at radius 1 is 1.20 bits per heavy atom. The monoisotopic (exact) mass is 427 g/mol. The van der Waals surface area contributed by atoms with Gasteiger partial charge in [0.05, 0.1) is 12.2 Å². The largest absolute Gasteiger partial charge is 0.431 e. The molecule has 0 spiro atoms. The molecule has 0 amide bonds. The molecule has 4 atom stereocenters. The molecule has 2 saturated carbocycles. The van der Waals surface area contributed by atoms with Crippen LogP contribution in [0.4, 0.5) is 23.4 Å². The maximum Gasteiger partial charge on any atom is 0.387 e. The van der Waals surface area contributed by atoms with Crippen molar-refractivity contribution in [2.75, 3.05) is 12.3 Å². The molecule has 2 fully saturated rings. The van der Waals surface area contributed by atoms with Crippen LogP contribution in [0, 0.1) is 11.8 Å². The molecule has 3 N–H and O–H groups in total. The second-order valence-electron chi connectivity index (χ2n) is 8.30. The Bertz CT molecular complexity index is 891. The van der Waals surface area contributed by atoms with Gasteiger partial charge in [0.1, 0.15) is 0 Å². The van der Waals surface area contributed by atoms with Crippen LogP contribution in [0.5, 0.6) is 5.75 Å². The minimum Gasteiger partial charge on any atom is -0.431 e. The lowest BCUT2D eigenvalue weighted by molar-refractivity contribution is -0.0494. The summed E-state index contributed by atoms with van der Waals surface area (Å²) in [4.78, 5) is 3.96. The molecule has 2 heterocycles. The fourth-order valence-corrected chi connectivity index (χ4v) is 4.70. The van der Waals surface area contributed by atoms with Crippen molar-refractivity contribution in [3.63, 3.8) is 0 Å². The SMILES string of the molecule is CC(C)n1nc(-c2cnc(N)c(OC(F)F)c2)cc1[C@H]1[C@@H]2C[C@H](NCC(F)F)C[C@@H]21. The number of ether oxygens (including phenoxy) is 1. The summed E-state index contributed by atoms with van der Waals surface area (Å²) < 4.78 is 56.5. The van der Waals surface area contributed by atoms with Gasteiger partial charge in [0.15, 0.2) is 11.6 Å². The summed E-state index contributed by atoms with van der Waals surface area (Å²) in [5.74, 6) is 0.937. The van der Waals surface area contributed by atoms with Gasteiger partial charge in [0.25, 0.3) is 6.43 Å². The molecule has 4 rings (SSSR count). The second-order valence-corrected chi connectivity index (χ2v) is 8.30. The van der Waals surface area contributed by atoms with E-state index in [1.54, 1.807) is 0 Å². The standard InChI is InChI=1S/C20H25F4N5O/c1-9(2)29-15(18-12-4-11(5-13(12)18)26-8-17(21)22)6-14(28-29)10-3-16(30-20(23)24)19(25)27-7-10/h3,6-7,9,11-13,17-18,20,26H,4-5,8H2,1-2H3,(H2,25,27)/t11-,12+,13-,18-. The lowest BCUT2D eigenvalue weighted by atomic mass is 10.0. The summed E-state index contributed by atoms with van der Waals surface area (Å²) in [6.07, 6.45) is 0.894. The topological polar surface area (TPSA) is 78.0 Å². The number of hydrogen-bond donors (Lipinski definition) is 2. The van der Waals surface area contributed by atoms with Crippen molar-refractivity contribution < 1.29 is 22.3 Å². The Morgan fingerprint density at radius 3 is 2.50 bits per heavy atom. The van der Waals surface area contributed by atoms with Crippen molar-refractivity contribution in [3.05, 3.63) is 24.0 Å². The third kappa shape index (κ3) is 4.10. The molecule has 2 aliphatic rings. The van der Waals surface area contributed by atoms with Gasteiger partial charge in [-0.2, -0.15) is 13.9 Å². The molecule has 2 aliphatic carbocycles. The first kappa shape index (κ1) is 20.9. The Morgan fingerprint density at radius 2 is 1.90 bits per heavy atom. The van der Waals surface area contributed by atoms with Gasteiger partial charge in [-0.05, 0) is 50.7 Å². The number of aromatic nitrogens is 3. The lowest BCUT2D eigenvalue weighted by Crippen LogP contribution is -2.32. The van der Waals surface area contributed by atoms with Gasteiger partial charge < -0.3 is 15.8 Å². The average molecular weight is 427 g/mol. The first-order valence-electron chi connectivity index (χ1n) is 10.1. The number of nitrogens with one attached hydrogen (secondary N) is 1. The minimum absolute atomic E-state index is 0.110. The fraction of sp³-hybridized carbons (Fsp3) is 0.600. The Hall–Kier alpha value is -2.36. The van der Waals surface area contributed by atoms with E-state index in [0.29, 0.717) is 29.0 Å². The minimum atomic E-state index is -2.99. The van der Waals surface area contributed by atoms with Crippen molar-refractivity contribution in [1.29, 1.82) is 0 Å². The molecule has 2 aromatic rings. The molecule has 0 aromatic carbocycles. The van der Waals surface area contributed by atoms with Crippen molar-refractivity contribution in [1.82, 2.24) is 20.1 Å². The van der Waals surface area contributed by atoms with Gasteiger partial charge in [-0.15, -0.1) is 0 Å². The number of nitrogen functional groups attached to an aromatic ring is 1. The summed E-state index contributed by atoms with van der Waals surface area (Å²) in [6.45, 7) is 0.789. The molecular formula is C20H25F4N5O. The van der Waals surface area contributed by atoms with E-state index in [1.165, 1.54) is 12.3 Å². The Balaban J connectivity index is 1.54. The van der Waals surface area contributed by atoms with Gasteiger partial charge in [0, 0.05) is 35.5 Å². The number of fused-ring (bicyclic) bond motifs is 1. The molecule has 164 valence electrons. The molecule has 0 bridgehead atoms. The van der Waals surface area contributed by atoms with Gasteiger partial charge in [-0.25, -0.2) is 13.8 Å². The number of nitrogens with two attached hydrogens (primary N) is 1. The third-order valence-electron chi connectivity index (χ3n) is 5.99. The summed E-state index contributed by atoms with van der Waals surface area (Å²) in [5, 5.41) is 7.62. The summed E-state index contributed by atoms with van der Waals surface area (Å²) in [7, 11) is 0. The lowest BCUT2D eigenvalue weighted by Gasteiger charge is -2.17. The summed E-state index contributed by atoms with van der Waals surface area (Å²) in [6, 6.07) is 3.63. The van der Waals surface area contributed by atoms with Crippen LogP contribution in [0.2, 0.25) is 0 Å². The molecule has 0 aliphatic heterocycles. The highest BCUT2D eigenvalue weighted by Gasteiger charge is 2.57. The van der Waals surface area contributed by atoms with E-state index in [9.17, 15) is 17.6 Å². The van der Waals surface area contributed by atoms with Gasteiger partial charge >= 0.3 is 6.61 Å². The third-order valence-corrected chi connectivity index (χ3v) is 5.99. The van der Waals surface area contributed by atoms with Crippen LogP contribution in [0.15, 0.2) is 18.3 Å². The molecule has 6 nitrogen and oxygen atoms in total. The molecule has 0 unspecified atom stereocenters. The van der Waals surface area contributed by atoms with E-state index in [0.717, 1.165) is 18.5 Å². The smallest absolute Gasteiger partial charge is 0.387 e. The Labute approximate surface area is 171 Å². The highest BCUT2D eigenvalue weighted by atomic mass is 19.3. The number of halogens is 4. The first-order valence-corrected chi connectivity index (χ1v) is 10.1. The zero-order valence-corrected chi connectivity index (χ0v) is 16.7.